The van der Waals surface area contributed by atoms with Crippen molar-refractivity contribution in [1.29, 1.82) is 5.26 Å². The van der Waals surface area contributed by atoms with Crippen LogP contribution < -0.4 is 10.2 Å². The first-order valence-electron chi connectivity index (χ1n) is 8.90. The quantitative estimate of drug-likeness (QED) is 0.808. The van der Waals surface area contributed by atoms with Crippen LogP contribution in [-0.2, 0) is 14.3 Å². The van der Waals surface area contributed by atoms with Gasteiger partial charge in [0.1, 0.15) is 0 Å². The molecule has 1 N–H and O–H groups in total. The van der Waals surface area contributed by atoms with Crippen LogP contribution in [0.5, 0.6) is 0 Å². The number of nitrogens with zero attached hydrogens (tertiary/aromatic N) is 2. The first-order chi connectivity index (χ1) is 13.5. The fraction of sp³-hybridized carbons (Fsp3) is 0.238. The maximum absolute atomic E-state index is 12.5. The lowest BCUT2D eigenvalue weighted by molar-refractivity contribution is -0.122. The monoisotopic (exact) mass is 377 g/mol. The van der Waals surface area contributed by atoms with Crippen molar-refractivity contribution in [2.75, 3.05) is 23.4 Å². The number of nitriles is 1. The number of carbonyl (C=O) groups excluding carboxylic acids is 3. The Morgan fingerprint density at radius 2 is 1.86 bits per heavy atom. The molecular formula is C21H19N3O4. The van der Waals surface area contributed by atoms with Crippen molar-refractivity contribution in [3.8, 4) is 6.07 Å². The first kappa shape index (κ1) is 19.1. The SMILES string of the molecule is CCOC(=O)c1ccc(N2CC(C(=O)Nc3ccc(C#N)cc3)CC2=O)cc1. The summed E-state index contributed by atoms with van der Waals surface area (Å²) in [5, 5.41) is 11.6. The molecule has 0 saturated carbocycles. The fourth-order valence-corrected chi connectivity index (χ4v) is 3.00. The van der Waals surface area contributed by atoms with Crippen molar-refractivity contribution >= 4 is 29.2 Å². The highest BCUT2D eigenvalue weighted by atomic mass is 16.5. The second-order valence-corrected chi connectivity index (χ2v) is 6.35. The second kappa shape index (κ2) is 8.35. The fourth-order valence-electron chi connectivity index (χ4n) is 3.00. The normalized spacial score (nSPS) is 15.8. The number of rotatable bonds is 5. The maximum Gasteiger partial charge on any atom is 0.338 e. The summed E-state index contributed by atoms with van der Waals surface area (Å²) in [4.78, 5) is 38.1. The summed E-state index contributed by atoms with van der Waals surface area (Å²) in [6.07, 6.45) is 0.113. The zero-order chi connectivity index (χ0) is 20.1. The van der Waals surface area contributed by atoms with Gasteiger partial charge in [-0.25, -0.2) is 4.79 Å². The summed E-state index contributed by atoms with van der Waals surface area (Å²) >= 11 is 0. The van der Waals surface area contributed by atoms with Gasteiger partial charge in [-0.05, 0) is 55.5 Å². The molecule has 2 aromatic rings. The van der Waals surface area contributed by atoms with Crippen LogP contribution in [0.4, 0.5) is 11.4 Å². The van der Waals surface area contributed by atoms with Gasteiger partial charge in [-0.2, -0.15) is 5.26 Å². The van der Waals surface area contributed by atoms with E-state index in [2.05, 4.69) is 5.32 Å². The number of amides is 2. The Morgan fingerprint density at radius 1 is 1.18 bits per heavy atom. The first-order valence-corrected chi connectivity index (χ1v) is 8.90. The minimum atomic E-state index is -0.479. The van der Waals surface area contributed by atoms with E-state index in [1.807, 2.05) is 6.07 Å². The van der Waals surface area contributed by atoms with Crippen LogP contribution in [0.2, 0.25) is 0 Å². The Morgan fingerprint density at radius 3 is 2.46 bits per heavy atom. The molecule has 1 unspecified atom stereocenters. The minimum Gasteiger partial charge on any atom is -0.462 e. The van der Waals surface area contributed by atoms with Crippen molar-refractivity contribution in [2.45, 2.75) is 13.3 Å². The summed E-state index contributed by atoms with van der Waals surface area (Å²) in [6, 6.07) is 15.1. The van der Waals surface area contributed by atoms with E-state index >= 15 is 0 Å². The van der Waals surface area contributed by atoms with Crippen LogP contribution >= 0.6 is 0 Å². The van der Waals surface area contributed by atoms with Gasteiger partial charge in [0.05, 0.1) is 29.7 Å². The van der Waals surface area contributed by atoms with E-state index in [0.717, 1.165) is 0 Å². The van der Waals surface area contributed by atoms with Crippen molar-refractivity contribution in [2.24, 2.45) is 5.92 Å². The molecule has 0 radical (unpaired) electrons. The van der Waals surface area contributed by atoms with E-state index in [0.29, 0.717) is 29.1 Å². The summed E-state index contributed by atoms with van der Waals surface area (Å²) < 4.78 is 4.94. The van der Waals surface area contributed by atoms with Gasteiger partial charge < -0.3 is 15.0 Å². The molecular weight excluding hydrogens is 358 g/mol. The van der Waals surface area contributed by atoms with E-state index in [1.165, 1.54) is 4.90 Å². The van der Waals surface area contributed by atoms with E-state index in [-0.39, 0.29) is 24.8 Å². The lowest BCUT2D eigenvalue weighted by Crippen LogP contribution is -2.28. The van der Waals surface area contributed by atoms with Gasteiger partial charge in [0.2, 0.25) is 11.8 Å². The Hall–Kier alpha value is -3.66. The number of hydrogen-bond donors (Lipinski definition) is 1. The molecule has 2 aromatic carbocycles. The largest absolute Gasteiger partial charge is 0.462 e. The lowest BCUT2D eigenvalue weighted by Gasteiger charge is -2.17. The van der Waals surface area contributed by atoms with Gasteiger partial charge in [0.15, 0.2) is 0 Å². The predicted octanol–water partition coefficient (Wildman–Crippen LogP) is 2.73. The van der Waals surface area contributed by atoms with Crippen LogP contribution in [0.1, 0.15) is 29.3 Å². The van der Waals surface area contributed by atoms with Gasteiger partial charge in [-0.15, -0.1) is 0 Å². The van der Waals surface area contributed by atoms with E-state index in [4.69, 9.17) is 10.00 Å². The van der Waals surface area contributed by atoms with Crippen molar-refractivity contribution < 1.29 is 19.1 Å². The molecule has 142 valence electrons. The van der Waals surface area contributed by atoms with Gasteiger partial charge >= 0.3 is 5.97 Å². The van der Waals surface area contributed by atoms with Gasteiger partial charge in [-0.1, -0.05) is 0 Å². The standard InChI is InChI=1S/C21H19N3O4/c1-2-28-21(27)15-5-9-18(10-6-15)24-13-16(11-19(24)25)20(26)23-17-7-3-14(12-22)4-8-17/h3-10,16H,2,11,13H2,1H3,(H,23,26). The zero-order valence-corrected chi connectivity index (χ0v) is 15.3. The molecule has 1 aliphatic heterocycles. The molecule has 28 heavy (non-hydrogen) atoms. The third-order valence-corrected chi connectivity index (χ3v) is 4.47. The van der Waals surface area contributed by atoms with Crippen LogP contribution in [0.25, 0.3) is 0 Å². The van der Waals surface area contributed by atoms with Crippen LogP contribution in [0.15, 0.2) is 48.5 Å². The molecule has 7 heteroatoms. The van der Waals surface area contributed by atoms with E-state index in [1.54, 1.807) is 55.5 Å². The highest BCUT2D eigenvalue weighted by Crippen LogP contribution is 2.26. The van der Waals surface area contributed by atoms with Gasteiger partial charge in [-0.3, -0.25) is 9.59 Å². The average Bonchev–Trinajstić information content (AvgIpc) is 3.11. The summed E-state index contributed by atoms with van der Waals surface area (Å²) in [5.74, 6) is -1.29. The molecule has 3 rings (SSSR count). The summed E-state index contributed by atoms with van der Waals surface area (Å²) in [5.41, 5.74) is 2.12. The summed E-state index contributed by atoms with van der Waals surface area (Å²) in [7, 11) is 0. The molecule has 0 aromatic heterocycles. The lowest BCUT2D eigenvalue weighted by atomic mass is 10.1. The molecule has 0 aliphatic carbocycles. The number of carbonyl (C=O) groups is 3. The molecule has 7 nitrogen and oxygen atoms in total. The molecule has 1 atom stereocenters. The molecule has 0 bridgehead atoms. The van der Waals surface area contributed by atoms with Crippen LogP contribution in [0, 0.1) is 17.2 Å². The van der Waals surface area contributed by atoms with Gasteiger partial charge in [0, 0.05) is 24.3 Å². The molecule has 1 aliphatic rings. The third-order valence-electron chi connectivity index (χ3n) is 4.47. The molecule has 1 heterocycles. The Bertz CT molecular complexity index is 930. The topological polar surface area (TPSA) is 99.5 Å². The molecule has 1 fully saturated rings. The average molecular weight is 377 g/mol. The van der Waals surface area contributed by atoms with E-state index in [9.17, 15) is 14.4 Å². The smallest absolute Gasteiger partial charge is 0.338 e. The molecule has 0 spiro atoms. The maximum atomic E-state index is 12.5. The Kier molecular flexibility index (Phi) is 5.70. The van der Waals surface area contributed by atoms with Crippen LogP contribution in [-0.4, -0.2) is 30.9 Å². The molecule has 1 saturated heterocycles. The van der Waals surface area contributed by atoms with Crippen molar-refractivity contribution in [3.05, 3.63) is 59.7 Å². The number of hydrogen-bond acceptors (Lipinski definition) is 5. The Labute approximate surface area is 162 Å². The zero-order valence-electron chi connectivity index (χ0n) is 15.3. The predicted molar refractivity (Wildman–Crippen MR) is 103 cm³/mol. The minimum absolute atomic E-state index is 0.113. The summed E-state index contributed by atoms with van der Waals surface area (Å²) in [6.45, 7) is 2.29. The second-order valence-electron chi connectivity index (χ2n) is 6.35. The Balaban J connectivity index is 1.64. The highest BCUT2D eigenvalue weighted by Gasteiger charge is 2.35. The number of nitrogens with one attached hydrogen (secondary N) is 1. The van der Waals surface area contributed by atoms with Crippen molar-refractivity contribution in [3.63, 3.8) is 0 Å². The third kappa shape index (κ3) is 4.18. The van der Waals surface area contributed by atoms with E-state index < -0.39 is 11.9 Å². The number of anilines is 2. The number of benzene rings is 2. The number of ether oxygens (including phenoxy) is 1. The molecule has 2 amide bonds. The highest BCUT2D eigenvalue weighted by molar-refractivity contribution is 6.03. The van der Waals surface area contributed by atoms with Crippen LogP contribution in [0.3, 0.4) is 0 Å². The van der Waals surface area contributed by atoms with Gasteiger partial charge in [0.25, 0.3) is 0 Å². The van der Waals surface area contributed by atoms with Crippen molar-refractivity contribution in [1.82, 2.24) is 0 Å². The number of esters is 1.